The second kappa shape index (κ2) is 7.74. The van der Waals surface area contributed by atoms with Gasteiger partial charge in [-0.2, -0.15) is 15.0 Å². The van der Waals surface area contributed by atoms with Crippen molar-refractivity contribution >= 4 is 29.2 Å². The van der Waals surface area contributed by atoms with Gasteiger partial charge in [-0.25, -0.2) is 0 Å². The highest BCUT2D eigenvalue weighted by Gasteiger charge is 2.46. The third-order valence-electron chi connectivity index (χ3n) is 5.53. The molecule has 6 nitrogen and oxygen atoms in total. The van der Waals surface area contributed by atoms with Gasteiger partial charge in [-0.3, -0.25) is 0 Å². The first-order valence-corrected chi connectivity index (χ1v) is 10.1. The molecule has 0 aromatic carbocycles. The molecule has 8 heteroatoms. The number of rotatable bonds is 6. The van der Waals surface area contributed by atoms with Crippen molar-refractivity contribution in [1.82, 2.24) is 20.3 Å². The van der Waals surface area contributed by atoms with Crippen LogP contribution in [0, 0.1) is 0 Å². The van der Waals surface area contributed by atoms with Crippen LogP contribution in [0.3, 0.4) is 0 Å². The molecule has 148 valence electrons. The molecule has 0 aliphatic carbocycles. The topological polar surface area (TPSA) is 80.0 Å². The SMILES string of the molecule is CCC(CC)(CN)N(c1nc(Cl)nc(Cl)n1)C1CC(C)(C)NC(C)(C)C1. The van der Waals surface area contributed by atoms with E-state index in [2.05, 4.69) is 66.7 Å². The first-order valence-electron chi connectivity index (χ1n) is 9.33. The third kappa shape index (κ3) is 4.58. The Kier molecular flexibility index (Phi) is 6.43. The van der Waals surface area contributed by atoms with Crippen molar-refractivity contribution in [3.05, 3.63) is 10.6 Å². The van der Waals surface area contributed by atoms with Gasteiger partial charge in [0.15, 0.2) is 0 Å². The number of nitrogens with zero attached hydrogens (tertiary/aromatic N) is 4. The van der Waals surface area contributed by atoms with Crippen molar-refractivity contribution in [2.45, 2.75) is 89.9 Å². The number of hydrogen-bond donors (Lipinski definition) is 2. The van der Waals surface area contributed by atoms with Crippen molar-refractivity contribution in [1.29, 1.82) is 0 Å². The Balaban J connectivity index is 2.60. The van der Waals surface area contributed by atoms with Crippen LogP contribution in [-0.2, 0) is 0 Å². The van der Waals surface area contributed by atoms with Crippen molar-refractivity contribution in [2.24, 2.45) is 5.73 Å². The van der Waals surface area contributed by atoms with Crippen LogP contribution >= 0.6 is 23.2 Å². The van der Waals surface area contributed by atoms with Crippen LogP contribution in [0.1, 0.15) is 67.2 Å². The molecule has 3 N–H and O–H groups in total. The van der Waals surface area contributed by atoms with Crippen LogP contribution in [0.4, 0.5) is 5.95 Å². The molecule has 0 bridgehead atoms. The number of nitrogens with two attached hydrogens (primary N) is 1. The average molecular weight is 403 g/mol. The van der Waals surface area contributed by atoms with Crippen LogP contribution in [0.2, 0.25) is 10.6 Å². The summed E-state index contributed by atoms with van der Waals surface area (Å²) in [7, 11) is 0. The number of aromatic nitrogens is 3. The molecule has 1 aliphatic rings. The summed E-state index contributed by atoms with van der Waals surface area (Å²) in [6.07, 6.45) is 3.65. The van der Waals surface area contributed by atoms with Crippen molar-refractivity contribution in [3.63, 3.8) is 0 Å². The highest BCUT2D eigenvalue weighted by atomic mass is 35.5. The van der Waals surface area contributed by atoms with Crippen LogP contribution in [0.15, 0.2) is 0 Å². The molecule has 1 aromatic rings. The maximum Gasteiger partial charge on any atom is 0.231 e. The predicted octanol–water partition coefficient (Wildman–Crippen LogP) is 3.81. The van der Waals surface area contributed by atoms with Gasteiger partial charge in [0.2, 0.25) is 16.5 Å². The highest BCUT2D eigenvalue weighted by molar-refractivity contribution is 6.31. The van der Waals surface area contributed by atoms with Gasteiger partial charge in [-0.1, -0.05) is 13.8 Å². The Morgan fingerprint density at radius 3 is 1.88 bits per heavy atom. The minimum absolute atomic E-state index is 0.0207. The molecule has 0 unspecified atom stereocenters. The molecular weight excluding hydrogens is 371 g/mol. The van der Waals surface area contributed by atoms with Crippen molar-refractivity contribution < 1.29 is 0 Å². The Hall–Kier alpha value is -0.690. The Bertz CT molecular complexity index is 586. The molecule has 2 heterocycles. The number of hydrogen-bond acceptors (Lipinski definition) is 6. The Morgan fingerprint density at radius 2 is 1.50 bits per heavy atom. The van der Waals surface area contributed by atoms with Crippen LogP contribution in [0.25, 0.3) is 0 Å². The molecule has 1 saturated heterocycles. The molecule has 1 fully saturated rings. The largest absolute Gasteiger partial charge is 0.331 e. The second-order valence-corrected chi connectivity index (χ2v) is 9.31. The quantitative estimate of drug-likeness (QED) is 0.752. The van der Waals surface area contributed by atoms with E-state index >= 15 is 0 Å². The maximum absolute atomic E-state index is 6.29. The molecule has 0 radical (unpaired) electrons. The summed E-state index contributed by atoms with van der Waals surface area (Å²) in [6.45, 7) is 13.7. The van der Waals surface area contributed by atoms with E-state index in [9.17, 15) is 0 Å². The first-order chi connectivity index (χ1) is 12.0. The van der Waals surface area contributed by atoms with E-state index in [1.165, 1.54) is 0 Å². The van der Waals surface area contributed by atoms with Gasteiger partial charge in [0.25, 0.3) is 0 Å². The summed E-state index contributed by atoms with van der Waals surface area (Å²) in [6, 6.07) is 0.208. The molecule has 0 saturated carbocycles. The lowest BCUT2D eigenvalue weighted by Crippen LogP contribution is -2.67. The summed E-state index contributed by atoms with van der Waals surface area (Å²) in [4.78, 5) is 15.0. The van der Waals surface area contributed by atoms with Gasteiger partial charge in [-0.05, 0) is 76.6 Å². The van der Waals surface area contributed by atoms with Crippen LogP contribution in [0.5, 0.6) is 0 Å². The van der Waals surface area contributed by atoms with E-state index in [0.29, 0.717) is 12.5 Å². The zero-order valence-electron chi connectivity index (χ0n) is 16.7. The molecule has 2 rings (SSSR count). The monoisotopic (exact) mass is 402 g/mol. The maximum atomic E-state index is 6.29. The standard InChI is InChI=1S/C18H32Cl2N6/c1-7-18(8-2,11-21)26(15-23-13(19)22-14(20)24-15)12-9-16(3,4)25-17(5,6)10-12/h12,25H,7-11,21H2,1-6H3. The van der Waals surface area contributed by atoms with Crippen LogP contribution in [-0.4, -0.2) is 44.2 Å². The zero-order valence-corrected chi connectivity index (χ0v) is 18.2. The van der Waals surface area contributed by atoms with Gasteiger partial charge in [-0.15, -0.1) is 0 Å². The van der Waals surface area contributed by atoms with E-state index in [0.717, 1.165) is 25.7 Å². The number of halogens is 2. The lowest BCUT2D eigenvalue weighted by molar-refractivity contribution is 0.141. The highest BCUT2D eigenvalue weighted by Crippen LogP contribution is 2.39. The summed E-state index contributed by atoms with van der Waals surface area (Å²) in [5, 5.41) is 3.95. The molecule has 26 heavy (non-hydrogen) atoms. The third-order valence-corrected chi connectivity index (χ3v) is 5.86. The summed E-state index contributed by atoms with van der Waals surface area (Å²) in [5.41, 5.74) is 5.99. The van der Waals surface area contributed by atoms with Gasteiger partial charge in [0.05, 0.1) is 5.54 Å². The zero-order chi connectivity index (χ0) is 19.8. The lowest BCUT2D eigenvalue weighted by atomic mass is 9.76. The summed E-state index contributed by atoms with van der Waals surface area (Å²) < 4.78 is 0. The van der Waals surface area contributed by atoms with E-state index < -0.39 is 0 Å². The number of anilines is 1. The lowest BCUT2D eigenvalue weighted by Gasteiger charge is -2.54. The van der Waals surface area contributed by atoms with Gasteiger partial charge in [0.1, 0.15) is 0 Å². The van der Waals surface area contributed by atoms with E-state index in [-0.39, 0.29) is 33.2 Å². The van der Waals surface area contributed by atoms with Crippen molar-refractivity contribution in [2.75, 3.05) is 11.4 Å². The van der Waals surface area contributed by atoms with Gasteiger partial charge >= 0.3 is 0 Å². The molecular formula is C18H32Cl2N6. The Labute approximate surface area is 167 Å². The fourth-order valence-corrected chi connectivity index (χ4v) is 4.97. The number of nitrogens with one attached hydrogen (secondary N) is 1. The summed E-state index contributed by atoms with van der Waals surface area (Å²) in [5.74, 6) is 0.516. The van der Waals surface area contributed by atoms with E-state index in [4.69, 9.17) is 28.9 Å². The smallest absolute Gasteiger partial charge is 0.231 e. The summed E-state index contributed by atoms with van der Waals surface area (Å²) >= 11 is 12.2. The predicted molar refractivity (Wildman–Crippen MR) is 109 cm³/mol. The molecule has 0 spiro atoms. The average Bonchev–Trinajstić information content (AvgIpc) is 2.48. The molecule has 0 atom stereocenters. The fourth-order valence-electron chi connectivity index (χ4n) is 4.62. The second-order valence-electron chi connectivity index (χ2n) is 8.63. The van der Waals surface area contributed by atoms with Crippen LogP contribution < -0.4 is 16.0 Å². The fraction of sp³-hybridized carbons (Fsp3) is 0.833. The number of piperidine rings is 1. The van der Waals surface area contributed by atoms with Crippen molar-refractivity contribution in [3.8, 4) is 0 Å². The van der Waals surface area contributed by atoms with Gasteiger partial charge < -0.3 is 16.0 Å². The minimum Gasteiger partial charge on any atom is -0.331 e. The minimum atomic E-state index is -0.262. The molecule has 1 aliphatic heterocycles. The first kappa shape index (κ1) is 21.6. The normalized spacial score (nSPS) is 20.2. The molecule has 0 amide bonds. The Morgan fingerprint density at radius 1 is 1.04 bits per heavy atom. The van der Waals surface area contributed by atoms with E-state index in [1.807, 2.05) is 0 Å². The van der Waals surface area contributed by atoms with Gasteiger partial charge in [0, 0.05) is 23.7 Å². The van der Waals surface area contributed by atoms with E-state index in [1.54, 1.807) is 0 Å². The molecule has 1 aromatic heterocycles.